The molecule has 1 aromatic carbocycles. The van der Waals surface area contributed by atoms with E-state index >= 15 is 0 Å². The smallest absolute Gasteiger partial charge is 0.349 e. The van der Waals surface area contributed by atoms with Crippen molar-refractivity contribution in [1.82, 2.24) is 10.2 Å². The van der Waals surface area contributed by atoms with Crippen molar-refractivity contribution in [2.24, 2.45) is 5.92 Å². The van der Waals surface area contributed by atoms with Crippen molar-refractivity contribution >= 4 is 29.3 Å². The topological polar surface area (TPSA) is 105 Å². The normalized spacial score (nSPS) is 30.1. The Morgan fingerprint density at radius 3 is 2.28 bits per heavy atom. The van der Waals surface area contributed by atoms with E-state index in [1.165, 1.54) is 0 Å². The molecule has 2 N–H and O–H groups in total. The second-order valence-electron chi connectivity index (χ2n) is 8.48. The first kappa shape index (κ1) is 22.9. The number of halogens is 1. The average Bonchev–Trinajstić information content (AvgIpc) is 2.92. The van der Waals surface area contributed by atoms with Gasteiger partial charge in [0.1, 0.15) is 0 Å². The Balaban J connectivity index is 1.38. The van der Waals surface area contributed by atoms with Gasteiger partial charge in [0.25, 0.3) is 0 Å². The molecule has 1 saturated heterocycles. The van der Waals surface area contributed by atoms with Crippen molar-refractivity contribution in [3.05, 3.63) is 47.0 Å². The Morgan fingerprint density at radius 2 is 1.72 bits per heavy atom. The summed E-state index contributed by atoms with van der Waals surface area (Å²) in [5.41, 5.74) is 0.670. The first-order valence-electron chi connectivity index (χ1n) is 11.0. The molecule has 4 rings (SSSR count). The van der Waals surface area contributed by atoms with Crippen LogP contribution in [-0.4, -0.2) is 64.9 Å². The lowest BCUT2D eigenvalue weighted by atomic mass is 9.81. The van der Waals surface area contributed by atoms with Gasteiger partial charge in [0, 0.05) is 47.8 Å². The highest BCUT2D eigenvalue weighted by atomic mass is 35.5. The summed E-state index contributed by atoms with van der Waals surface area (Å²) >= 11 is 5.91. The predicted molar refractivity (Wildman–Crippen MR) is 116 cm³/mol. The fourth-order valence-electron chi connectivity index (χ4n) is 4.84. The lowest BCUT2D eigenvalue weighted by molar-refractivity contribution is -0.297. The van der Waals surface area contributed by atoms with Gasteiger partial charge in [-0.2, -0.15) is 0 Å². The third-order valence-electron chi connectivity index (χ3n) is 6.52. The molecule has 2 atom stereocenters. The first-order chi connectivity index (χ1) is 15.3. The second-order valence-corrected chi connectivity index (χ2v) is 8.92. The minimum atomic E-state index is -1.84. The summed E-state index contributed by atoms with van der Waals surface area (Å²) in [5.74, 6) is -3.24. The van der Waals surface area contributed by atoms with Crippen LogP contribution >= 0.6 is 11.6 Å². The quantitative estimate of drug-likeness (QED) is 0.506. The fraction of sp³-hybridized carbons (Fsp3) is 0.522. The van der Waals surface area contributed by atoms with Crippen LogP contribution < -0.4 is 5.32 Å². The molecule has 0 bridgehead atoms. The number of esters is 2. The number of benzene rings is 1. The van der Waals surface area contributed by atoms with Crippen LogP contribution in [0.5, 0.6) is 0 Å². The maximum absolute atomic E-state index is 12.8. The number of hydrogen-bond acceptors (Lipinski definition) is 8. The van der Waals surface area contributed by atoms with Crippen LogP contribution in [0.25, 0.3) is 0 Å². The standard InChI is InChI=1S/C23H27ClN2O6/c1-2-26-13-18(22(30)23(26)31-19(27)11-12-20(28)32-23)25-17-9-5-15(6-10-17)21(29)14-3-7-16(24)8-4-14/h3-4,7-8,11-12,15,17-18,22,25,30H,2,5-6,9-10,13H2,1H3. The van der Waals surface area contributed by atoms with Crippen LogP contribution in [0.15, 0.2) is 36.4 Å². The van der Waals surface area contributed by atoms with Crippen LogP contribution in [0.1, 0.15) is 43.0 Å². The van der Waals surface area contributed by atoms with Gasteiger partial charge in [0.2, 0.25) is 0 Å². The van der Waals surface area contributed by atoms with Gasteiger partial charge in [-0.1, -0.05) is 18.5 Å². The summed E-state index contributed by atoms with van der Waals surface area (Å²) in [6.07, 6.45) is 3.76. The maximum atomic E-state index is 12.8. The van der Waals surface area contributed by atoms with Crippen LogP contribution in [-0.2, 0) is 19.1 Å². The van der Waals surface area contributed by atoms with E-state index in [2.05, 4.69) is 5.32 Å². The largest absolute Gasteiger partial charge is 0.403 e. The minimum Gasteiger partial charge on any atom is -0.403 e. The van der Waals surface area contributed by atoms with E-state index in [0.717, 1.165) is 37.8 Å². The average molecular weight is 463 g/mol. The molecule has 8 nitrogen and oxygen atoms in total. The number of ether oxygens (including phenoxy) is 2. The summed E-state index contributed by atoms with van der Waals surface area (Å²) in [7, 11) is 0. The Bertz CT molecular complexity index is 890. The van der Waals surface area contributed by atoms with E-state index in [0.29, 0.717) is 23.7 Å². The summed E-state index contributed by atoms with van der Waals surface area (Å²) in [6.45, 7) is 2.60. The molecule has 0 aromatic heterocycles. The number of likely N-dealkylation sites (N-methyl/N-ethyl adjacent to an activating group) is 1. The number of likely N-dealkylation sites (tertiary alicyclic amines) is 1. The SMILES string of the molecule is CCN1CC(NC2CCC(C(=O)c3ccc(Cl)cc3)CC2)C(O)C12OC(=O)C=CC(=O)O2. The molecule has 0 amide bonds. The number of aliphatic hydroxyl groups is 1. The highest BCUT2D eigenvalue weighted by Gasteiger charge is 2.60. The highest BCUT2D eigenvalue weighted by Crippen LogP contribution is 2.35. The minimum absolute atomic E-state index is 0.0453. The number of Topliss-reactive ketones (excluding diaryl/α,β-unsaturated/α-hetero) is 1. The zero-order valence-electron chi connectivity index (χ0n) is 17.8. The Kier molecular flexibility index (Phi) is 6.67. The summed E-state index contributed by atoms with van der Waals surface area (Å²) < 4.78 is 10.8. The summed E-state index contributed by atoms with van der Waals surface area (Å²) in [4.78, 5) is 38.4. The van der Waals surface area contributed by atoms with Crippen molar-refractivity contribution in [3.8, 4) is 0 Å². The molecule has 2 unspecified atom stereocenters. The molecule has 1 aromatic rings. The highest BCUT2D eigenvalue weighted by molar-refractivity contribution is 6.30. The van der Waals surface area contributed by atoms with E-state index in [1.807, 2.05) is 6.92 Å². The number of nitrogens with zero attached hydrogens (tertiary/aromatic N) is 1. The molecule has 2 heterocycles. The monoisotopic (exact) mass is 462 g/mol. The molecule has 1 spiro atoms. The van der Waals surface area contributed by atoms with E-state index in [4.69, 9.17) is 21.1 Å². The van der Waals surface area contributed by atoms with Crippen LogP contribution in [0, 0.1) is 5.92 Å². The zero-order valence-corrected chi connectivity index (χ0v) is 18.6. The number of nitrogens with one attached hydrogen (secondary N) is 1. The van der Waals surface area contributed by atoms with E-state index in [9.17, 15) is 19.5 Å². The Morgan fingerprint density at radius 1 is 1.12 bits per heavy atom. The van der Waals surface area contributed by atoms with Gasteiger partial charge in [0.15, 0.2) is 11.9 Å². The molecular formula is C23H27ClN2O6. The van der Waals surface area contributed by atoms with Crippen LogP contribution in [0.3, 0.4) is 0 Å². The van der Waals surface area contributed by atoms with E-state index in [1.54, 1.807) is 29.2 Å². The predicted octanol–water partition coefficient (Wildman–Crippen LogP) is 2.05. The number of rotatable bonds is 5. The van der Waals surface area contributed by atoms with Gasteiger partial charge in [0.05, 0.1) is 6.04 Å². The van der Waals surface area contributed by atoms with Gasteiger partial charge in [-0.3, -0.25) is 4.79 Å². The summed E-state index contributed by atoms with van der Waals surface area (Å²) in [5, 5.41) is 15.1. The molecule has 1 saturated carbocycles. The zero-order chi connectivity index (χ0) is 22.9. The fourth-order valence-corrected chi connectivity index (χ4v) is 4.96. The van der Waals surface area contributed by atoms with Gasteiger partial charge in [-0.25, -0.2) is 14.5 Å². The molecule has 32 heavy (non-hydrogen) atoms. The third kappa shape index (κ3) is 4.45. The lowest BCUT2D eigenvalue weighted by Gasteiger charge is -2.36. The number of aliphatic hydroxyl groups excluding tert-OH is 1. The number of ketones is 1. The van der Waals surface area contributed by atoms with Crippen LogP contribution in [0.2, 0.25) is 5.02 Å². The number of carbonyl (C=O) groups is 3. The third-order valence-corrected chi connectivity index (χ3v) is 6.77. The van der Waals surface area contributed by atoms with Gasteiger partial charge in [-0.05, 0) is 49.9 Å². The number of hydrogen-bond donors (Lipinski definition) is 2. The number of carbonyl (C=O) groups excluding carboxylic acids is 3. The maximum Gasteiger partial charge on any atom is 0.349 e. The van der Waals surface area contributed by atoms with Crippen LogP contribution in [0.4, 0.5) is 0 Å². The van der Waals surface area contributed by atoms with Crippen molar-refractivity contribution in [2.45, 2.75) is 56.7 Å². The molecule has 172 valence electrons. The Hall–Kier alpha value is -2.26. The van der Waals surface area contributed by atoms with E-state index < -0.39 is 30.0 Å². The van der Waals surface area contributed by atoms with Crippen molar-refractivity contribution in [2.75, 3.05) is 13.1 Å². The Labute approximate surface area is 191 Å². The second kappa shape index (κ2) is 9.31. The molecule has 0 radical (unpaired) electrons. The van der Waals surface area contributed by atoms with Crippen molar-refractivity contribution < 1.29 is 29.0 Å². The lowest BCUT2D eigenvalue weighted by Crippen LogP contribution is -2.58. The summed E-state index contributed by atoms with van der Waals surface area (Å²) in [6, 6.07) is 6.60. The first-order valence-corrected chi connectivity index (χ1v) is 11.3. The molecule has 3 aliphatic rings. The molecule has 1 aliphatic carbocycles. The van der Waals surface area contributed by atoms with Crippen molar-refractivity contribution in [3.63, 3.8) is 0 Å². The van der Waals surface area contributed by atoms with Gasteiger partial charge in [-0.15, -0.1) is 0 Å². The van der Waals surface area contributed by atoms with Gasteiger partial charge >= 0.3 is 17.8 Å². The molecule has 2 aliphatic heterocycles. The molecule has 9 heteroatoms. The van der Waals surface area contributed by atoms with Gasteiger partial charge < -0.3 is 19.9 Å². The van der Waals surface area contributed by atoms with E-state index in [-0.39, 0.29) is 17.7 Å². The molecule has 2 fully saturated rings. The molecular weight excluding hydrogens is 436 g/mol. The van der Waals surface area contributed by atoms with Crippen molar-refractivity contribution in [1.29, 1.82) is 0 Å².